The lowest BCUT2D eigenvalue weighted by molar-refractivity contribution is -0.166. The zero-order valence-corrected chi connectivity index (χ0v) is 36.4. The van der Waals surface area contributed by atoms with Crippen molar-refractivity contribution in [2.24, 2.45) is 0 Å². The molecule has 0 N–H and O–H groups in total. The SMILES string of the molecule is CC/C=C\C/C=C\C/C=C\C/C=C\C/C=C\CCC(=O)OCC(COC(=O)CCC/C=C\CCCCCC)OC(=O)CCCCCCCCCCCCCCC. The highest BCUT2D eigenvalue weighted by atomic mass is 16.6. The molecule has 0 heterocycles. The fourth-order valence-electron chi connectivity index (χ4n) is 6.02. The summed E-state index contributed by atoms with van der Waals surface area (Å²) in [4.78, 5) is 37.6. The number of carbonyl (C=O) groups excluding carboxylic acids is 3. The Morgan fingerprint density at radius 1 is 0.375 bits per heavy atom. The van der Waals surface area contributed by atoms with Crippen LogP contribution in [0.3, 0.4) is 0 Å². The van der Waals surface area contributed by atoms with Crippen LogP contribution < -0.4 is 0 Å². The van der Waals surface area contributed by atoms with E-state index in [-0.39, 0.29) is 37.5 Å². The molecule has 0 saturated heterocycles. The van der Waals surface area contributed by atoms with Crippen LogP contribution in [-0.4, -0.2) is 37.2 Å². The molecule has 0 aliphatic rings. The summed E-state index contributed by atoms with van der Waals surface area (Å²) in [5.41, 5.74) is 0. The van der Waals surface area contributed by atoms with Crippen molar-refractivity contribution in [1.29, 1.82) is 0 Å². The Bertz CT molecular complexity index is 1080. The third kappa shape index (κ3) is 42.0. The molecule has 0 aromatic heterocycles. The summed E-state index contributed by atoms with van der Waals surface area (Å²) >= 11 is 0. The molecule has 0 aliphatic carbocycles. The smallest absolute Gasteiger partial charge is 0.306 e. The first-order valence-electron chi connectivity index (χ1n) is 22.9. The predicted octanol–water partition coefficient (Wildman–Crippen LogP) is 14.7. The number of hydrogen-bond donors (Lipinski definition) is 0. The molecule has 0 fully saturated rings. The van der Waals surface area contributed by atoms with Gasteiger partial charge in [-0.15, -0.1) is 0 Å². The highest BCUT2D eigenvalue weighted by Crippen LogP contribution is 2.14. The number of rotatable bonds is 40. The Morgan fingerprint density at radius 3 is 1.25 bits per heavy atom. The van der Waals surface area contributed by atoms with Crippen LogP contribution in [0.2, 0.25) is 0 Å². The molecule has 0 aromatic carbocycles. The van der Waals surface area contributed by atoms with E-state index < -0.39 is 6.10 Å². The number of allylic oxidation sites excluding steroid dienone is 12. The fraction of sp³-hybridized carbons (Fsp3) is 0.700. The molecule has 0 aliphatic heterocycles. The van der Waals surface area contributed by atoms with E-state index in [2.05, 4.69) is 81.5 Å². The fourth-order valence-corrected chi connectivity index (χ4v) is 6.02. The van der Waals surface area contributed by atoms with Crippen LogP contribution in [0.4, 0.5) is 0 Å². The van der Waals surface area contributed by atoms with E-state index in [4.69, 9.17) is 14.2 Å². The standard InChI is InChI=1S/C50H84O6/c1-4-7-10-13-16-19-21-23-24-25-27-28-31-34-37-40-43-49(52)55-46-47(45-54-48(51)42-39-36-33-30-18-15-12-9-6-3)56-50(53)44-41-38-35-32-29-26-22-20-17-14-11-8-5-2/h7,10,16,19,23-24,27-28,30,33-34,37,47H,4-6,8-9,11-15,17-18,20-22,25-26,29,31-32,35-36,38-46H2,1-3H3/b10-7-,19-16-,24-23-,28-27-,33-30-,37-34-. The van der Waals surface area contributed by atoms with Gasteiger partial charge in [0.25, 0.3) is 0 Å². The molecular formula is C50H84O6. The second kappa shape index (κ2) is 44.6. The van der Waals surface area contributed by atoms with E-state index >= 15 is 0 Å². The highest BCUT2D eigenvalue weighted by molar-refractivity contribution is 5.71. The number of carbonyl (C=O) groups is 3. The van der Waals surface area contributed by atoms with Crippen LogP contribution in [0.25, 0.3) is 0 Å². The normalized spacial score (nSPS) is 12.7. The Labute approximate surface area is 344 Å². The van der Waals surface area contributed by atoms with Gasteiger partial charge in [0.2, 0.25) is 0 Å². The second-order valence-electron chi connectivity index (χ2n) is 14.9. The minimum Gasteiger partial charge on any atom is -0.462 e. The number of ether oxygens (including phenoxy) is 3. The first-order valence-corrected chi connectivity index (χ1v) is 22.9. The van der Waals surface area contributed by atoms with Gasteiger partial charge < -0.3 is 14.2 Å². The molecule has 56 heavy (non-hydrogen) atoms. The van der Waals surface area contributed by atoms with Crippen molar-refractivity contribution in [3.8, 4) is 0 Å². The summed E-state index contributed by atoms with van der Waals surface area (Å²) in [7, 11) is 0. The van der Waals surface area contributed by atoms with Crippen LogP contribution in [0.15, 0.2) is 72.9 Å². The van der Waals surface area contributed by atoms with Crippen LogP contribution in [0, 0.1) is 0 Å². The average Bonchev–Trinajstić information content (AvgIpc) is 3.19. The van der Waals surface area contributed by atoms with Crippen molar-refractivity contribution < 1.29 is 28.6 Å². The molecule has 0 bridgehead atoms. The average molecular weight is 781 g/mol. The number of esters is 3. The minimum absolute atomic E-state index is 0.113. The lowest BCUT2D eigenvalue weighted by atomic mass is 10.0. The summed E-state index contributed by atoms with van der Waals surface area (Å²) in [6, 6.07) is 0. The van der Waals surface area contributed by atoms with Crippen molar-refractivity contribution in [2.75, 3.05) is 13.2 Å². The van der Waals surface area contributed by atoms with E-state index in [9.17, 15) is 14.4 Å². The molecule has 0 saturated carbocycles. The van der Waals surface area contributed by atoms with Gasteiger partial charge in [0, 0.05) is 19.3 Å². The highest BCUT2D eigenvalue weighted by Gasteiger charge is 2.19. The van der Waals surface area contributed by atoms with Gasteiger partial charge in [-0.05, 0) is 70.6 Å². The van der Waals surface area contributed by atoms with Gasteiger partial charge in [0.15, 0.2) is 6.10 Å². The summed E-state index contributed by atoms with van der Waals surface area (Å²) < 4.78 is 16.6. The Hall–Kier alpha value is -3.15. The van der Waals surface area contributed by atoms with Crippen LogP contribution in [0.5, 0.6) is 0 Å². The van der Waals surface area contributed by atoms with Gasteiger partial charge in [-0.2, -0.15) is 0 Å². The van der Waals surface area contributed by atoms with E-state index in [1.54, 1.807) is 0 Å². The summed E-state index contributed by atoms with van der Waals surface area (Å²) in [6.45, 7) is 6.38. The second-order valence-corrected chi connectivity index (χ2v) is 14.9. The minimum atomic E-state index is -0.811. The predicted molar refractivity (Wildman–Crippen MR) is 238 cm³/mol. The summed E-state index contributed by atoms with van der Waals surface area (Å²) in [6.07, 6.45) is 54.8. The molecule has 0 amide bonds. The molecule has 6 nitrogen and oxygen atoms in total. The Kier molecular flexibility index (Phi) is 42.1. The maximum absolute atomic E-state index is 12.7. The topological polar surface area (TPSA) is 78.9 Å². The van der Waals surface area contributed by atoms with Crippen LogP contribution in [0.1, 0.15) is 207 Å². The van der Waals surface area contributed by atoms with Crippen LogP contribution in [-0.2, 0) is 28.6 Å². The summed E-state index contributed by atoms with van der Waals surface area (Å²) in [5, 5.41) is 0. The van der Waals surface area contributed by atoms with E-state index in [0.29, 0.717) is 25.7 Å². The zero-order chi connectivity index (χ0) is 40.8. The maximum atomic E-state index is 12.7. The van der Waals surface area contributed by atoms with Crippen molar-refractivity contribution in [2.45, 2.75) is 213 Å². The van der Waals surface area contributed by atoms with Gasteiger partial charge in [0.05, 0.1) is 0 Å². The monoisotopic (exact) mass is 781 g/mol. The van der Waals surface area contributed by atoms with Gasteiger partial charge in [-0.25, -0.2) is 0 Å². The van der Waals surface area contributed by atoms with Crippen molar-refractivity contribution >= 4 is 17.9 Å². The zero-order valence-electron chi connectivity index (χ0n) is 36.4. The quantitative estimate of drug-likeness (QED) is 0.0267. The van der Waals surface area contributed by atoms with Crippen molar-refractivity contribution in [3.63, 3.8) is 0 Å². The third-order valence-electron chi connectivity index (χ3n) is 9.46. The molecule has 0 radical (unpaired) electrons. The Balaban J connectivity index is 4.49. The maximum Gasteiger partial charge on any atom is 0.306 e. The lowest BCUT2D eigenvalue weighted by Crippen LogP contribution is -2.30. The van der Waals surface area contributed by atoms with Crippen molar-refractivity contribution in [3.05, 3.63) is 72.9 Å². The number of hydrogen-bond acceptors (Lipinski definition) is 6. The lowest BCUT2D eigenvalue weighted by Gasteiger charge is -2.18. The van der Waals surface area contributed by atoms with E-state index in [0.717, 1.165) is 64.2 Å². The van der Waals surface area contributed by atoms with Gasteiger partial charge >= 0.3 is 17.9 Å². The first kappa shape index (κ1) is 52.9. The van der Waals surface area contributed by atoms with Gasteiger partial charge in [-0.1, -0.05) is 190 Å². The Morgan fingerprint density at radius 2 is 0.750 bits per heavy atom. The molecule has 1 unspecified atom stereocenters. The molecule has 1 atom stereocenters. The molecule has 0 rings (SSSR count). The third-order valence-corrected chi connectivity index (χ3v) is 9.46. The number of unbranched alkanes of at least 4 members (excludes halogenated alkanes) is 17. The van der Waals surface area contributed by atoms with Gasteiger partial charge in [-0.3, -0.25) is 14.4 Å². The van der Waals surface area contributed by atoms with E-state index in [1.165, 1.54) is 89.9 Å². The van der Waals surface area contributed by atoms with Gasteiger partial charge in [0.1, 0.15) is 13.2 Å². The van der Waals surface area contributed by atoms with Crippen molar-refractivity contribution in [1.82, 2.24) is 0 Å². The molecule has 0 spiro atoms. The molecule has 320 valence electrons. The van der Waals surface area contributed by atoms with Crippen LogP contribution >= 0.6 is 0 Å². The first-order chi connectivity index (χ1) is 27.5. The molecule has 0 aromatic rings. The van der Waals surface area contributed by atoms with E-state index in [1.807, 2.05) is 12.2 Å². The largest absolute Gasteiger partial charge is 0.462 e. The molecule has 6 heteroatoms. The summed E-state index contributed by atoms with van der Waals surface area (Å²) in [5.74, 6) is -1.03. The molecular weight excluding hydrogens is 697 g/mol.